The van der Waals surface area contributed by atoms with Crippen LogP contribution in [0.15, 0.2) is 0 Å². The van der Waals surface area contributed by atoms with Gasteiger partial charge in [0.25, 0.3) is 0 Å². The molecule has 12 heteroatoms. The van der Waals surface area contributed by atoms with Crippen LogP contribution in [0.2, 0.25) is 0 Å². The Morgan fingerprint density at radius 2 is 1.12 bits per heavy atom. The molecular formula is C4H5CaNa2O8P. The van der Waals surface area contributed by atoms with Gasteiger partial charge in [0, 0.05) is 11.9 Å². The number of carboxylic acid groups (broad SMARTS) is 2. The van der Waals surface area contributed by atoms with Crippen LogP contribution < -0.4 is 79.1 Å². The molecule has 0 aliphatic heterocycles. The van der Waals surface area contributed by atoms with Crippen molar-refractivity contribution in [3.63, 3.8) is 0 Å². The third-order valence-electron chi connectivity index (χ3n) is 0.533. The summed E-state index contributed by atoms with van der Waals surface area (Å²) < 4.78 is 8.66. The summed E-state index contributed by atoms with van der Waals surface area (Å²) in [5.41, 5.74) is 0. The molecular weight excluding hydrogens is 293 g/mol. The van der Waals surface area contributed by atoms with Crippen LogP contribution in [0, 0.1) is 0 Å². The summed E-state index contributed by atoms with van der Waals surface area (Å²) in [6.07, 6.45) is -0.940. The van der Waals surface area contributed by atoms with Gasteiger partial charge in [0.15, 0.2) is 0 Å². The van der Waals surface area contributed by atoms with Crippen LogP contribution in [0.1, 0.15) is 12.8 Å². The van der Waals surface area contributed by atoms with Crippen molar-refractivity contribution in [3.8, 4) is 0 Å². The molecule has 0 atom stereocenters. The quantitative estimate of drug-likeness (QED) is 0.396. The van der Waals surface area contributed by atoms with Crippen LogP contribution in [0.5, 0.6) is 0 Å². The minimum Gasteiger partial charge on any atom is -0.790 e. The number of carbonyl (C=O) groups is 2. The molecule has 16 heavy (non-hydrogen) atoms. The number of carbonyl (C=O) groups excluding carboxylic acids is 2. The van der Waals surface area contributed by atoms with Crippen LogP contribution in [0.3, 0.4) is 0 Å². The van der Waals surface area contributed by atoms with Crippen molar-refractivity contribution in [2.45, 2.75) is 12.8 Å². The maximum Gasteiger partial charge on any atom is 2.00 e. The van der Waals surface area contributed by atoms with Gasteiger partial charge in [-0.25, -0.2) is 0 Å². The van der Waals surface area contributed by atoms with Crippen molar-refractivity contribution in [1.82, 2.24) is 0 Å². The van der Waals surface area contributed by atoms with Gasteiger partial charge in [0.1, 0.15) is 0 Å². The standard InChI is InChI=1S/C4H6O4.Ca.2Na.H3O4P/c5-3(6)1-2-4(7)8;;;;1-5(2,3)4/h1-2H2,(H,5,6)(H,7,8);;;;(H3,1,2,3,4)/q;+2;2*+1;/p-4. The van der Waals surface area contributed by atoms with Crippen molar-refractivity contribution in [1.29, 1.82) is 0 Å². The Morgan fingerprint density at radius 1 is 1.00 bits per heavy atom. The molecule has 0 saturated carbocycles. The first kappa shape index (κ1) is 31.0. The number of hydrogen-bond acceptors (Lipinski definition) is 7. The molecule has 78 valence electrons. The second-order valence-electron chi connectivity index (χ2n) is 1.71. The molecule has 0 amide bonds. The van der Waals surface area contributed by atoms with E-state index in [9.17, 15) is 19.8 Å². The fourth-order valence-electron chi connectivity index (χ4n) is 0.204. The van der Waals surface area contributed by atoms with E-state index < -0.39 is 32.6 Å². The molecule has 0 spiro atoms. The van der Waals surface area contributed by atoms with Gasteiger partial charge >= 0.3 is 96.9 Å². The number of phosphoric acid groups is 1. The van der Waals surface area contributed by atoms with Crippen molar-refractivity contribution >= 4 is 57.5 Å². The summed E-state index contributed by atoms with van der Waals surface area (Å²) in [7, 11) is -5.14. The molecule has 0 radical (unpaired) electrons. The predicted molar refractivity (Wildman–Crippen MR) is 34.8 cm³/mol. The number of rotatable bonds is 3. The monoisotopic (exact) mass is 298 g/mol. The average molecular weight is 298 g/mol. The molecule has 0 aromatic rings. The van der Waals surface area contributed by atoms with Crippen LogP contribution in [0.4, 0.5) is 0 Å². The second-order valence-corrected chi connectivity index (χ2v) is 2.65. The summed E-state index contributed by atoms with van der Waals surface area (Å²) in [5, 5.41) is 19.0. The van der Waals surface area contributed by atoms with Crippen molar-refractivity contribution in [3.05, 3.63) is 0 Å². The van der Waals surface area contributed by atoms with Gasteiger partial charge in [-0.15, -0.1) is 0 Å². The van der Waals surface area contributed by atoms with Crippen molar-refractivity contribution in [2.24, 2.45) is 0 Å². The summed E-state index contributed by atoms with van der Waals surface area (Å²) in [4.78, 5) is 43.3. The molecule has 0 bridgehead atoms. The van der Waals surface area contributed by atoms with Gasteiger partial charge in [-0.05, 0) is 12.8 Å². The van der Waals surface area contributed by atoms with E-state index in [2.05, 4.69) is 0 Å². The van der Waals surface area contributed by atoms with Crippen LogP contribution in [0.25, 0.3) is 0 Å². The minimum absolute atomic E-state index is 0. The van der Waals surface area contributed by atoms with Crippen molar-refractivity contribution in [2.75, 3.05) is 0 Å². The SMILES string of the molecule is O=C([O-])CCC(=O)[O-].O=P([O-])([O-])O.[Ca+2].[Na+].[Na+]. The maximum absolute atomic E-state index is 9.50. The molecule has 0 aromatic heterocycles. The van der Waals surface area contributed by atoms with E-state index in [-0.39, 0.29) is 96.9 Å². The molecule has 1 N–H and O–H groups in total. The Labute approximate surface area is 166 Å². The summed E-state index contributed by atoms with van der Waals surface area (Å²) >= 11 is 0. The largest absolute Gasteiger partial charge is 2.00 e. The Hall–Kier alpha value is 2.31. The van der Waals surface area contributed by atoms with E-state index in [1.807, 2.05) is 0 Å². The van der Waals surface area contributed by atoms with E-state index in [0.717, 1.165) is 0 Å². The van der Waals surface area contributed by atoms with E-state index in [1.54, 1.807) is 0 Å². The van der Waals surface area contributed by atoms with Crippen LogP contribution in [-0.2, 0) is 14.2 Å². The molecule has 0 heterocycles. The molecule has 0 fully saturated rings. The van der Waals surface area contributed by atoms with E-state index in [0.29, 0.717) is 0 Å². The van der Waals surface area contributed by atoms with Gasteiger partial charge < -0.3 is 39.0 Å². The molecule has 0 saturated heterocycles. The fourth-order valence-corrected chi connectivity index (χ4v) is 0.204. The summed E-state index contributed by atoms with van der Waals surface area (Å²) in [5.74, 6) is -2.73. The second kappa shape index (κ2) is 17.3. The molecule has 0 aliphatic carbocycles. The van der Waals surface area contributed by atoms with E-state index in [4.69, 9.17) is 19.2 Å². The number of carboxylic acids is 2. The third-order valence-corrected chi connectivity index (χ3v) is 0.533. The molecule has 0 aromatic carbocycles. The van der Waals surface area contributed by atoms with Crippen molar-refractivity contribution < 1.29 is 98.2 Å². The van der Waals surface area contributed by atoms with Crippen LogP contribution in [-0.4, -0.2) is 54.6 Å². The maximum atomic E-state index is 9.50. The zero-order chi connectivity index (χ0) is 11.1. The molecule has 0 rings (SSSR count). The zero-order valence-electron chi connectivity index (χ0n) is 8.87. The summed E-state index contributed by atoms with van der Waals surface area (Å²) in [6.45, 7) is 0. The van der Waals surface area contributed by atoms with E-state index >= 15 is 0 Å². The van der Waals surface area contributed by atoms with Crippen LogP contribution >= 0.6 is 7.82 Å². The van der Waals surface area contributed by atoms with Gasteiger partial charge in [-0.3, -0.25) is 0 Å². The Kier molecular flexibility index (Phi) is 33.5. The normalized spacial score (nSPS) is 7.94. The molecule has 0 unspecified atom stereocenters. The fraction of sp³-hybridized carbons (Fsp3) is 0.500. The molecule has 8 nitrogen and oxygen atoms in total. The zero-order valence-corrected chi connectivity index (χ0v) is 16.0. The summed E-state index contributed by atoms with van der Waals surface area (Å²) in [6, 6.07) is 0. The molecule has 0 aliphatic rings. The van der Waals surface area contributed by atoms with Gasteiger partial charge in [-0.1, -0.05) is 0 Å². The first-order valence-corrected chi connectivity index (χ1v) is 4.27. The third kappa shape index (κ3) is 71.5. The van der Waals surface area contributed by atoms with E-state index in [1.165, 1.54) is 0 Å². The first-order chi connectivity index (χ1) is 5.63. The Morgan fingerprint density at radius 3 is 1.19 bits per heavy atom. The van der Waals surface area contributed by atoms with Gasteiger partial charge in [-0.2, -0.15) is 0 Å². The number of aliphatic carboxylic acids is 2. The topological polar surface area (TPSA) is 164 Å². The predicted octanol–water partition coefficient (Wildman–Crippen LogP) is -11.3. The van der Waals surface area contributed by atoms with Gasteiger partial charge in [0.2, 0.25) is 0 Å². The average Bonchev–Trinajstić information content (AvgIpc) is 1.79. The Balaban J connectivity index is -0.0000000454. The first-order valence-electron chi connectivity index (χ1n) is 2.77. The number of hydrogen-bond donors (Lipinski definition) is 1. The Bertz CT molecular complexity index is 208. The smallest absolute Gasteiger partial charge is 0.790 e. The van der Waals surface area contributed by atoms with Gasteiger partial charge in [0.05, 0.1) is 7.82 Å². The minimum atomic E-state index is -5.14.